The Kier molecular flexibility index (Phi) is 5.38. The van der Waals surface area contributed by atoms with Gasteiger partial charge in [0.15, 0.2) is 5.13 Å². The standard InChI is InChI=1S/C23H22ClN3O2S/c1-5-18(22(29)26-23-25-17-7-6-15(24)11-19(17)30-23)27-20(28)10-13(3)16-9-12(2)8-14(4)21(16)27/h6-11,18H,5H2,1-4H3,(H,25,26,29). The number of aromatic nitrogens is 2. The summed E-state index contributed by atoms with van der Waals surface area (Å²) in [5, 5.41) is 5.01. The molecule has 0 aliphatic carbocycles. The van der Waals surface area contributed by atoms with Crippen molar-refractivity contribution in [2.75, 3.05) is 5.32 Å². The van der Waals surface area contributed by atoms with Crippen LogP contribution in [0.5, 0.6) is 0 Å². The molecule has 2 aromatic carbocycles. The average Bonchev–Trinajstić information content (AvgIpc) is 3.06. The first-order valence-electron chi connectivity index (χ1n) is 9.78. The molecule has 4 rings (SSSR count). The van der Waals surface area contributed by atoms with Crippen LogP contribution in [0.4, 0.5) is 5.13 Å². The van der Waals surface area contributed by atoms with Crippen LogP contribution in [0, 0.1) is 20.8 Å². The maximum absolute atomic E-state index is 13.2. The highest BCUT2D eigenvalue weighted by atomic mass is 35.5. The van der Waals surface area contributed by atoms with E-state index < -0.39 is 6.04 Å². The van der Waals surface area contributed by atoms with Gasteiger partial charge < -0.3 is 5.32 Å². The number of anilines is 1. The van der Waals surface area contributed by atoms with Crippen molar-refractivity contribution in [3.63, 3.8) is 0 Å². The van der Waals surface area contributed by atoms with Gasteiger partial charge >= 0.3 is 0 Å². The predicted molar refractivity (Wildman–Crippen MR) is 125 cm³/mol. The average molecular weight is 440 g/mol. The first kappa shape index (κ1) is 20.6. The van der Waals surface area contributed by atoms with Crippen molar-refractivity contribution in [2.24, 2.45) is 0 Å². The molecule has 1 atom stereocenters. The van der Waals surface area contributed by atoms with Crippen LogP contribution in [0.1, 0.15) is 36.1 Å². The summed E-state index contributed by atoms with van der Waals surface area (Å²) >= 11 is 7.41. The molecule has 0 saturated heterocycles. The maximum Gasteiger partial charge on any atom is 0.252 e. The number of benzene rings is 2. The smallest absolute Gasteiger partial charge is 0.252 e. The van der Waals surface area contributed by atoms with Crippen LogP contribution in [0.2, 0.25) is 5.02 Å². The largest absolute Gasteiger partial charge is 0.300 e. The number of amides is 1. The van der Waals surface area contributed by atoms with Crippen LogP contribution in [-0.4, -0.2) is 15.5 Å². The molecule has 0 fully saturated rings. The summed E-state index contributed by atoms with van der Waals surface area (Å²) in [6.45, 7) is 7.85. The van der Waals surface area contributed by atoms with E-state index in [0.717, 1.165) is 37.8 Å². The summed E-state index contributed by atoms with van der Waals surface area (Å²) in [4.78, 5) is 30.7. The fourth-order valence-electron chi connectivity index (χ4n) is 3.96. The zero-order valence-electron chi connectivity index (χ0n) is 17.2. The molecule has 0 spiro atoms. The number of thiazole rings is 1. The van der Waals surface area contributed by atoms with E-state index in [1.165, 1.54) is 11.3 Å². The Labute approximate surface area is 183 Å². The van der Waals surface area contributed by atoms with Crippen LogP contribution < -0.4 is 10.9 Å². The minimum absolute atomic E-state index is 0.176. The third-order valence-corrected chi connectivity index (χ3v) is 6.44. The monoisotopic (exact) mass is 439 g/mol. The number of nitrogens with one attached hydrogen (secondary N) is 1. The first-order chi connectivity index (χ1) is 14.3. The zero-order chi connectivity index (χ0) is 21.6. The van der Waals surface area contributed by atoms with Gasteiger partial charge in [-0.2, -0.15) is 0 Å². The molecule has 0 bridgehead atoms. The van der Waals surface area contributed by atoms with E-state index in [2.05, 4.69) is 16.4 Å². The Morgan fingerprint density at radius 2 is 1.93 bits per heavy atom. The van der Waals surface area contributed by atoms with Crippen LogP contribution in [-0.2, 0) is 4.79 Å². The maximum atomic E-state index is 13.2. The quantitative estimate of drug-likeness (QED) is 0.438. The number of carbonyl (C=O) groups is 1. The minimum Gasteiger partial charge on any atom is -0.300 e. The van der Waals surface area contributed by atoms with Gasteiger partial charge in [0.2, 0.25) is 5.91 Å². The number of hydrogen-bond donors (Lipinski definition) is 1. The van der Waals surface area contributed by atoms with Crippen molar-refractivity contribution in [1.82, 2.24) is 9.55 Å². The molecule has 1 N–H and O–H groups in total. The van der Waals surface area contributed by atoms with Gasteiger partial charge in [-0.05, 0) is 62.6 Å². The molecular weight excluding hydrogens is 418 g/mol. The fraction of sp³-hybridized carbons (Fsp3) is 0.261. The van der Waals surface area contributed by atoms with E-state index in [4.69, 9.17) is 11.6 Å². The van der Waals surface area contributed by atoms with Gasteiger partial charge in [-0.25, -0.2) is 4.98 Å². The molecule has 4 aromatic rings. The molecule has 5 nitrogen and oxygen atoms in total. The van der Waals surface area contributed by atoms with E-state index >= 15 is 0 Å². The molecule has 0 aliphatic rings. The van der Waals surface area contributed by atoms with Crippen LogP contribution >= 0.6 is 22.9 Å². The number of nitrogens with zero attached hydrogens (tertiary/aromatic N) is 2. The van der Waals surface area contributed by atoms with Gasteiger partial charge in [0.1, 0.15) is 6.04 Å². The van der Waals surface area contributed by atoms with Gasteiger partial charge in [0.05, 0.1) is 15.7 Å². The van der Waals surface area contributed by atoms with Gasteiger partial charge in [-0.3, -0.25) is 14.2 Å². The van der Waals surface area contributed by atoms with Crippen molar-refractivity contribution in [1.29, 1.82) is 0 Å². The summed E-state index contributed by atoms with van der Waals surface area (Å²) in [5.41, 5.74) is 4.42. The summed E-state index contributed by atoms with van der Waals surface area (Å²) in [7, 11) is 0. The lowest BCUT2D eigenvalue weighted by Crippen LogP contribution is -2.33. The Morgan fingerprint density at radius 3 is 2.67 bits per heavy atom. The number of fused-ring (bicyclic) bond motifs is 2. The third kappa shape index (κ3) is 3.61. The van der Waals surface area contributed by atoms with Crippen molar-refractivity contribution in [3.05, 3.63) is 68.5 Å². The molecule has 0 saturated carbocycles. The SMILES string of the molecule is CCC(C(=O)Nc1nc2ccc(Cl)cc2s1)n1c(=O)cc(C)c2cc(C)cc(C)c21. The molecule has 1 amide bonds. The van der Waals surface area contributed by atoms with Crippen molar-refractivity contribution in [2.45, 2.75) is 40.2 Å². The number of rotatable bonds is 4. The zero-order valence-corrected chi connectivity index (χ0v) is 18.8. The Bertz CT molecular complexity index is 1360. The normalized spacial score (nSPS) is 12.4. The highest BCUT2D eigenvalue weighted by Gasteiger charge is 2.24. The number of carbonyl (C=O) groups excluding carboxylic acids is 1. The molecule has 2 heterocycles. The van der Waals surface area contributed by atoms with E-state index in [-0.39, 0.29) is 11.5 Å². The topological polar surface area (TPSA) is 64.0 Å². The molecule has 0 radical (unpaired) electrons. The van der Waals surface area contributed by atoms with E-state index in [1.54, 1.807) is 16.7 Å². The van der Waals surface area contributed by atoms with Crippen molar-refractivity contribution < 1.29 is 4.79 Å². The molecule has 0 aliphatic heterocycles. The predicted octanol–water partition coefficient (Wildman–Crippen LogP) is 5.78. The lowest BCUT2D eigenvalue weighted by atomic mass is 10.0. The fourth-order valence-corrected chi connectivity index (χ4v) is 5.10. The van der Waals surface area contributed by atoms with E-state index in [1.807, 2.05) is 45.9 Å². The van der Waals surface area contributed by atoms with Crippen LogP contribution in [0.15, 0.2) is 41.2 Å². The molecule has 154 valence electrons. The third-order valence-electron chi connectivity index (χ3n) is 5.27. The summed E-state index contributed by atoms with van der Waals surface area (Å²) < 4.78 is 2.52. The molecule has 7 heteroatoms. The molecule has 2 aromatic heterocycles. The highest BCUT2D eigenvalue weighted by molar-refractivity contribution is 7.22. The Hall–Kier alpha value is -2.70. The van der Waals surface area contributed by atoms with Crippen LogP contribution in [0.25, 0.3) is 21.1 Å². The molecule has 1 unspecified atom stereocenters. The minimum atomic E-state index is -0.641. The summed E-state index contributed by atoms with van der Waals surface area (Å²) in [6, 6.07) is 10.5. The second kappa shape index (κ2) is 7.85. The second-order valence-corrected chi connectivity index (χ2v) is 9.03. The Morgan fingerprint density at radius 1 is 1.17 bits per heavy atom. The van der Waals surface area contributed by atoms with E-state index in [0.29, 0.717) is 16.6 Å². The van der Waals surface area contributed by atoms with Crippen molar-refractivity contribution >= 4 is 55.1 Å². The highest BCUT2D eigenvalue weighted by Crippen LogP contribution is 2.30. The first-order valence-corrected chi connectivity index (χ1v) is 11.0. The number of hydrogen-bond acceptors (Lipinski definition) is 4. The number of halogens is 1. The van der Waals surface area contributed by atoms with Gasteiger partial charge in [-0.1, -0.05) is 41.5 Å². The Balaban J connectivity index is 1.79. The van der Waals surface area contributed by atoms with Gasteiger partial charge in [0, 0.05) is 16.5 Å². The van der Waals surface area contributed by atoms with Gasteiger partial charge in [-0.15, -0.1) is 0 Å². The van der Waals surface area contributed by atoms with Crippen LogP contribution in [0.3, 0.4) is 0 Å². The van der Waals surface area contributed by atoms with Gasteiger partial charge in [0.25, 0.3) is 5.56 Å². The molecule has 30 heavy (non-hydrogen) atoms. The molecular formula is C23H22ClN3O2S. The van der Waals surface area contributed by atoms with Crippen molar-refractivity contribution in [3.8, 4) is 0 Å². The lowest BCUT2D eigenvalue weighted by molar-refractivity contribution is -0.119. The van der Waals surface area contributed by atoms with E-state index in [9.17, 15) is 9.59 Å². The number of pyridine rings is 1. The second-order valence-electron chi connectivity index (χ2n) is 7.56. The summed E-state index contributed by atoms with van der Waals surface area (Å²) in [6.07, 6.45) is 0.480. The summed E-state index contributed by atoms with van der Waals surface area (Å²) in [5.74, 6) is -0.255. The number of aryl methyl sites for hydroxylation is 3. The lowest BCUT2D eigenvalue weighted by Gasteiger charge is -2.22.